The molecule has 12 rings (SSSR count). The highest BCUT2D eigenvalue weighted by atomic mass is 79.9. The van der Waals surface area contributed by atoms with Crippen molar-refractivity contribution in [3.8, 4) is 44.5 Å². The van der Waals surface area contributed by atoms with Crippen molar-refractivity contribution in [2.45, 2.75) is 45.7 Å². The molecule has 0 saturated carbocycles. The van der Waals surface area contributed by atoms with E-state index in [1.165, 1.54) is 50.9 Å². The van der Waals surface area contributed by atoms with Gasteiger partial charge < -0.3 is 41.7 Å². The molecule has 4 heterocycles. The monoisotopic (exact) mass is 1640 g/mol. The molecule has 0 unspecified atom stereocenters. The average molecular weight is 1650 g/mol. The maximum Gasteiger partial charge on any atom is 0.339 e. The van der Waals surface area contributed by atoms with Gasteiger partial charge in [-0.05, 0) is 113 Å². The molecule has 0 bridgehead atoms. The first kappa shape index (κ1) is 78.6. The lowest BCUT2D eigenvalue weighted by Crippen LogP contribution is -2.28. The number of nitrogens with one attached hydrogen (secondary N) is 6. The third kappa shape index (κ3) is 23.2. The van der Waals surface area contributed by atoms with Gasteiger partial charge in [0.2, 0.25) is 11.8 Å². The van der Waals surface area contributed by atoms with E-state index in [0.29, 0.717) is 78.2 Å². The molecule has 4 aromatic heterocycles. The van der Waals surface area contributed by atoms with Gasteiger partial charge in [0.05, 0.1) is 6.42 Å². The first-order valence-electron chi connectivity index (χ1n) is 31.9. The van der Waals surface area contributed by atoms with Gasteiger partial charge in [0, 0.05) is 82.3 Å². The number of carbonyl (C=O) groups is 8. The quantitative estimate of drug-likeness (QED) is 0.0303. The standard InChI is InChI=1S/C21H18ClNO3S.C20H17BrN2O3S.C19H15BrN2O3S.C19H14ClNO3S/c22-16-11-9-15(10-12-16)17-13-27-20(19(17)21(25)26)23-18(24)8-4-7-14-5-2-1-3-6-14;1-12-3-2-4-13(9-12)10-22-20(26)23-18-17(19(24)25)16(11-27-18)14-5-7-15(21)8-6-14;20-14-8-6-13(7-9-14)15-11-26-17(16(15)18(23)24)22-19(25)21-10-12-4-2-1-3-5-12;20-14-8-6-13(7-9-14)15-11-25-18(17(15)19(23)24)21-16(22)10-12-4-2-1-3-5-12/h1-3,5-6,9-13H,4,7-8H2,(H,23,24)(H,25,26);2-9,11H,10H2,1H3,(H,24,25)(H2,22,23,26);1-9,11H,10H2,(H,23,24)(H2,21,22,25);1-9,11H,10H2,(H,21,22)(H,23,24). The summed E-state index contributed by atoms with van der Waals surface area (Å²) in [6.07, 6.45) is 2.03. The normalized spacial score (nSPS) is 10.4. The van der Waals surface area contributed by atoms with Gasteiger partial charge in [-0.1, -0.05) is 224 Å². The fourth-order valence-corrected chi connectivity index (χ4v) is 15.0. The van der Waals surface area contributed by atoms with Gasteiger partial charge in [0.25, 0.3) is 0 Å². The zero-order chi connectivity index (χ0) is 74.9. The summed E-state index contributed by atoms with van der Waals surface area (Å²) in [6.45, 7) is 2.71. The Morgan fingerprint density at radius 1 is 0.371 bits per heavy atom. The Balaban J connectivity index is 0.000000162. The van der Waals surface area contributed by atoms with E-state index in [0.717, 1.165) is 59.9 Å². The van der Waals surface area contributed by atoms with Crippen LogP contribution in [0, 0.1) is 6.92 Å². The molecule has 0 spiro atoms. The molecule has 6 amide bonds. The Kier molecular flexibility index (Phi) is 29.1. The molecule has 0 radical (unpaired) electrons. The van der Waals surface area contributed by atoms with Crippen LogP contribution in [-0.4, -0.2) is 68.2 Å². The van der Waals surface area contributed by atoms with Crippen LogP contribution in [0.3, 0.4) is 0 Å². The summed E-state index contributed by atoms with van der Waals surface area (Å²) in [5.74, 6) is -4.75. The number of amides is 6. The lowest BCUT2D eigenvalue weighted by Gasteiger charge is -2.08. The number of carboxylic acid groups (broad SMARTS) is 4. The zero-order valence-electron chi connectivity index (χ0n) is 55.5. The Hall–Kier alpha value is -10.5. The van der Waals surface area contributed by atoms with Crippen molar-refractivity contribution in [2.24, 2.45) is 0 Å². The van der Waals surface area contributed by atoms with Gasteiger partial charge >= 0.3 is 35.9 Å². The summed E-state index contributed by atoms with van der Waals surface area (Å²) >= 11 is 23.3. The van der Waals surface area contributed by atoms with Crippen LogP contribution in [0.5, 0.6) is 0 Å². The van der Waals surface area contributed by atoms with E-state index >= 15 is 0 Å². The van der Waals surface area contributed by atoms with Crippen molar-refractivity contribution >= 4 is 168 Å². The number of hydrogen-bond donors (Lipinski definition) is 10. The zero-order valence-corrected chi connectivity index (χ0v) is 63.4. The van der Waals surface area contributed by atoms with Crippen LogP contribution in [0.15, 0.2) is 243 Å². The van der Waals surface area contributed by atoms with Crippen molar-refractivity contribution < 1.29 is 58.8 Å². The lowest BCUT2D eigenvalue weighted by molar-refractivity contribution is -0.116. The summed E-state index contributed by atoms with van der Waals surface area (Å²) in [5, 5.41) is 64.1. The SMILES string of the molecule is Cc1cccc(CNC(=O)Nc2scc(-c3ccc(Br)cc3)c2C(=O)O)c1.O=C(CCCc1ccccc1)Nc1scc(-c2ccc(Cl)cc2)c1C(=O)O.O=C(Cc1ccccc1)Nc1scc(-c2ccc(Cl)cc2)c1C(=O)O.O=C(NCc1ccccc1)Nc1scc(-c2ccc(Br)cc2)c1C(=O)O. The van der Waals surface area contributed by atoms with E-state index in [-0.39, 0.29) is 40.5 Å². The van der Waals surface area contributed by atoms with E-state index in [9.17, 15) is 58.8 Å². The molecule has 534 valence electrons. The topological polar surface area (TPSA) is 290 Å². The lowest BCUT2D eigenvalue weighted by atomic mass is 10.0. The van der Waals surface area contributed by atoms with Crippen molar-refractivity contribution in [3.05, 3.63) is 303 Å². The van der Waals surface area contributed by atoms with Crippen LogP contribution < -0.4 is 31.9 Å². The second kappa shape index (κ2) is 38.8. The molecule has 0 aliphatic rings. The maximum absolute atomic E-state index is 12.3. The van der Waals surface area contributed by atoms with Crippen LogP contribution in [0.4, 0.5) is 29.6 Å². The average Bonchev–Trinajstić information content (AvgIpc) is 1.70. The number of rotatable bonds is 22. The first-order valence-corrected chi connectivity index (χ1v) is 37.7. The Bertz CT molecular complexity index is 5010. The molecule has 0 fully saturated rings. The fourth-order valence-electron chi connectivity index (χ4n) is 10.3. The second-order valence-corrected chi connectivity index (χ2v) is 29.1. The molecule has 8 aromatic carbocycles. The van der Waals surface area contributed by atoms with Crippen LogP contribution in [-0.2, 0) is 35.5 Å². The van der Waals surface area contributed by atoms with Crippen molar-refractivity contribution in [1.82, 2.24) is 10.6 Å². The molecule has 26 heteroatoms. The molecule has 10 N–H and O–H groups in total. The third-order valence-corrected chi connectivity index (χ3v) is 20.5. The van der Waals surface area contributed by atoms with Crippen molar-refractivity contribution in [3.63, 3.8) is 0 Å². The molecule has 0 aliphatic carbocycles. The Morgan fingerprint density at radius 3 is 1.07 bits per heavy atom. The molecule has 0 atom stereocenters. The minimum absolute atomic E-state index is 0.0900. The van der Waals surface area contributed by atoms with Crippen LogP contribution in [0.25, 0.3) is 44.5 Å². The van der Waals surface area contributed by atoms with E-state index < -0.39 is 35.9 Å². The molecular formula is C79H64Br2Cl2N6O12S4. The summed E-state index contributed by atoms with van der Waals surface area (Å²) < 4.78 is 1.82. The molecule has 12 aromatic rings. The highest BCUT2D eigenvalue weighted by Gasteiger charge is 2.26. The van der Waals surface area contributed by atoms with E-state index in [4.69, 9.17) is 23.2 Å². The van der Waals surface area contributed by atoms with E-state index in [2.05, 4.69) is 63.8 Å². The minimum Gasteiger partial charge on any atom is -0.478 e. The van der Waals surface area contributed by atoms with Crippen molar-refractivity contribution in [2.75, 3.05) is 21.3 Å². The van der Waals surface area contributed by atoms with Gasteiger partial charge in [-0.25, -0.2) is 28.8 Å². The van der Waals surface area contributed by atoms with Gasteiger partial charge in [0.1, 0.15) is 42.3 Å². The predicted molar refractivity (Wildman–Crippen MR) is 428 cm³/mol. The number of anilines is 4. The van der Waals surface area contributed by atoms with Gasteiger partial charge in [-0.2, -0.15) is 0 Å². The summed E-state index contributed by atoms with van der Waals surface area (Å²) in [5.41, 5.74) is 10.8. The smallest absolute Gasteiger partial charge is 0.339 e. The highest BCUT2D eigenvalue weighted by Crippen LogP contribution is 2.40. The minimum atomic E-state index is -1.08. The molecule has 0 aliphatic heterocycles. The summed E-state index contributed by atoms with van der Waals surface area (Å²) in [6, 6.07) is 64.3. The van der Waals surface area contributed by atoms with E-state index in [1.807, 2.05) is 171 Å². The number of hydrogen-bond acceptors (Lipinski definition) is 12. The first-order chi connectivity index (χ1) is 50.6. The van der Waals surface area contributed by atoms with Gasteiger partial charge in [-0.15, -0.1) is 45.3 Å². The number of thiophene rings is 4. The largest absolute Gasteiger partial charge is 0.478 e. The Morgan fingerprint density at radius 2 is 0.695 bits per heavy atom. The fraction of sp³-hybridized carbons (Fsp3) is 0.0886. The number of carboxylic acids is 4. The number of urea groups is 2. The third-order valence-electron chi connectivity index (χ3n) is 15.4. The number of carbonyl (C=O) groups excluding carboxylic acids is 4. The number of halogens is 4. The Labute approximate surface area is 646 Å². The van der Waals surface area contributed by atoms with Crippen molar-refractivity contribution in [1.29, 1.82) is 0 Å². The van der Waals surface area contributed by atoms with E-state index in [1.54, 1.807) is 70.1 Å². The highest BCUT2D eigenvalue weighted by molar-refractivity contribution is 9.10. The molecular weight excluding hydrogens is 1580 g/mol. The van der Waals surface area contributed by atoms with Gasteiger partial charge in [-0.3, -0.25) is 20.2 Å². The van der Waals surface area contributed by atoms with Crippen LogP contribution >= 0.6 is 100 Å². The maximum atomic E-state index is 12.3. The number of benzene rings is 8. The second-order valence-electron chi connectivity index (χ2n) is 22.9. The van der Waals surface area contributed by atoms with Crippen LogP contribution in [0.2, 0.25) is 10.0 Å². The number of aromatic carboxylic acids is 4. The summed E-state index contributed by atoms with van der Waals surface area (Å²) in [7, 11) is 0. The van der Waals surface area contributed by atoms with Crippen LogP contribution in [0.1, 0.15) is 82.1 Å². The summed E-state index contributed by atoms with van der Waals surface area (Å²) in [4.78, 5) is 95.8. The molecule has 0 saturated heterocycles. The molecule has 105 heavy (non-hydrogen) atoms. The number of aryl methyl sites for hydroxylation is 2. The molecule has 18 nitrogen and oxygen atoms in total. The van der Waals surface area contributed by atoms with Gasteiger partial charge in [0.15, 0.2) is 0 Å². The predicted octanol–water partition coefficient (Wildman–Crippen LogP) is 21.4.